The van der Waals surface area contributed by atoms with Gasteiger partial charge in [-0.05, 0) is 45.3 Å². The number of aromatic nitrogens is 2. The standard InChI is InChI=1S/C15H20N4OS2/c1-19(2)8-7-13-17-18-15(22-13)16-14(20)11-9-21-12-6-4-3-5-10(11)12/h9H,3-8H2,1-2H3,(H,16,18,20). The summed E-state index contributed by atoms with van der Waals surface area (Å²) in [5.41, 5.74) is 2.07. The van der Waals surface area contributed by atoms with Gasteiger partial charge in [0.25, 0.3) is 5.91 Å². The van der Waals surface area contributed by atoms with Crippen LogP contribution in [0.15, 0.2) is 5.38 Å². The van der Waals surface area contributed by atoms with Gasteiger partial charge in [-0.3, -0.25) is 10.1 Å². The number of hydrogen-bond donors (Lipinski definition) is 1. The Morgan fingerprint density at radius 2 is 2.14 bits per heavy atom. The molecule has 22 heavy (non-hydrogen) atoms. The van der Waals surface area contributed by atoms with Crippen molar-refractivity contribution in [1.29, 1.82) is 0 Å². The molecule has 2 aromatic rings. The number of nitrogens with one attached hydrogen (secondary N) is 1. The van der Waals surface area contributed by atoms with Crippen molar-refractivity contribution >= 4 is 33.7 Å². The van der Waals surface area contributed by atoms with Crippen LogP contribution in [0, 0.1) is 0 Å². The summed E-state index contributed by atoms with van der Waals surface area (Å²) in [6.07, 6.45) is 5.40. The van der Waals surface area contributed by atoms with Crippen molar-refractivity contribution in [2.45, 2.75) is 32.1 Å². The molecule has 1 N–H and O–H groups in total. The number of likely N-dealkylation sites (N-methyl/N-ethyl adjacent to an activating group) is 1. The highest BCUT2D eigenvalue weighted by atomic mass is 32.1. The summed E-state index contributed by atoms with van der Waals surface area (Å²) in [7, 11) is 4.06. The lowest BCUT2D eigenvalue weighted by Crippen LogP contribution is -2.14. The molecule has 0 saturated heterocycles. The summed E-state index contributed by atoms with van der Waals surface area (Å²) in [5.74, 6) is -0.0466. The highest BCUT2D eigenvalue weighted by Crippen LogP contribution is 2.30. The molecule has 0 aliphatic heterocycles. The quantitative estimate of drug-likeness (QED) is 0.912. The molecular weight excluding hydrogens is 316 g/mol. The molecule has 0 unspecified atom stereocenters. The maximum atomic E-state index is 12.4. The van der Waals surface area contributed by atoms with Gasteiger partial charge in [0.1, 0.15) is 5.01 Å². The van der Waals surface area contributed by atoms with E-state index in [1.807, 2.05) is 19.5 Å². The van der Waals surface area contributed by atoms with Gasteiger partial charge in [0.05, 0.1) is 5.56 Å². The molecule has 1 aliphatic carbocycles. The van der Waals surface area contributed by atoms with Crippen LogP contribution in [0.25, 0.3) is 0 Å². The molecule has 0 saturated carbocycles. The Kier molecular flexibility index (Phi) is 4.85. The Balaban J connectivity index is 1.66. The van der Waals surface area contributed by atoms with Gasteiger partial charge in [0.2, 0.25) is 5.13 Å². The van der Waals surface area contributed by atoms with Crippen LogP contribution in [0.3, 0.4) is 0 Å². The predicted molar refractivity (Wildman–Crippen MR) is 91.1 cm³/mol. The lowest BCUT2D eigenvalue weighted by atomic mass is 9.96. The van der Waals surface area contributed by atoms with Crippen molar-refractivity contribution < 1.29 is 4.79 Å². The second-order valence-electron chi connectivity index (χ2n) is 5.77. The van der Waals surface area contributed by atoms with Crippen LogP contribution >= 0.6 is 22.7 Å². The Labute approximate surface area is 138 Å². The topological polar surface area (TPSA) is 58.1 Å². The Bertz CT molecular complexity index is 662. The number of carbonyl (C=O) groups is 1. The fraction of sp³-hybridized carbons (Fsp3) is 0.533. The number of rotatable bonds is 5. The smallest absolute Gasteiger partial charge is 0.258 e. The van der Waals surface area contributed by atoms with E-state index in [2.05, 4.69) is 20.4 Å². The monoisotopic (exact) mass is 336 g/mol. The number of hydrogen-bond acceptors (Lipinski definition) is 6. The zero-order valence-corrected chi connectivity index (χ0v) is 14.5. The third-order valence-corrected chi connectivity index (χ3v) is 5.75. The largest absolute Gasteiger partial charge is 0.309 e. The van der Waals surface area contributed by atoms with Crippen molar-refractivity contribution in [1.82, 2.24) is 15.1 Å². The van der Waals surface area contributed by atoms with E-state index in [-0.39, 0.29) is 5.91 Å². The maximum absolute atomic E-state index is 12.4. The van der Waals surface area contributed by atoms with E-state index >= 15 is 0 Å². The average Bonchev–Trinajstić information content (AvgIpc) is 3.11. The van der Waals surface area contributed by atoms with Crippen LogP contribution in [-0.4, -0.2) is 41.6 Å². The lowest BCUT2D eigenvalue weighted by Gasteiger charge is -2.12. The fourth-order valence-corrected chi connectivity index (χ4v) is 4.42. The van der Waals surface area contributed by atoms with E-state index in [1.54, 1.807) is 11.3 Å². The molecule has 0 fully saturated rings. The van der Waals surface area contributed by atoms with Gasteiger partial charge in [-0.2, -0.15) is 0 Å². The van der Waals surface area contributed by atoms with Gasteiger partial charge < -0.3 is 4.90 Å². The van der Waals surface area contributed by atoms with Crippen LogP contribution in [0.2, 0.25) is 0 Å². The summed E-state index contributed by atoms with van der Waals surface area (Å²) < 4.78 is 0. The second kappa shape index (κ2) is 6.85. The predicted octanol–water partition coefficient (Wildman–Crippen LogP) is 2.83. The maximum Gasteiger partial charge on any atom is 0.258 e. The Morgan fingerprint density at radius 3 is 2.95 bits per heavy atom. The van der Waals surface area contributed by atoms with Gasteiger partial charge >= 0.3 is 0 Å². The molecule has 0 spiro atoms. The molecule has 0 atom stereocenters. The molecule has 1 amide bonds. The number of amides is 1. The van der Waals surface area contributed by atoms with Gasteiger partial charge in [-0.15, -0.1) is 21.5 Å². The summed E-state index contributed by atoms with van der Waals surface area (Å²) in [4.78, 5) is 15.9. The first-order valence-electron chi connectivity index (χ1n) is 7.51. The van der Waals surface area contributed by atoms with Crippen LogP contribution < -0.4 is 5.32 Å². The molecule has 0 radical (unpaired) electrons. The van der Waals surface area contributed by atoms with Crippen molar-refractivity contribution in [3.8, 4) is 0 Å². The number of fused-ring (bicyclic) bond motifs is 1. The van der Waals surface area contributed by atoms with Gasteiger partial charge in [-0.25, -0.2) is 0 Å². The first-order valence-corrected chi connectivity index (χ1v) is 9.21. The number of carbonyl (C=O) groups excluding carboxylic acids is 1. The Hall–Kier alpha value is -1.31. The molecular formula is C15H20N4OS2. The van der Waals surface area contributed by atoms with E-state index in [0.717, 1.165) is 36.4 Å². The van der Waals surface area contributed by atoms with Crippen LogP contribution in [0.4, 0.5) is 5.13 Å². The average molecular weight is 336 g/mol. The zero-order chi connectivity index (χ0) is 15.5. The van der Waals surface area contributed by atoms with E-state index in [9.17, 15) is 4.79 Å². The summed E-state index contributed by atoms with van der Waals surface area (Å²) in [6, 6.07) is 0. The number of anilines is 1. The summed E-state index contributed by atoms with van der Waals surface area (Å²) in [5, 5.41) is 14.7. The van der Waals surface area contributed by atoms with Crippen molar-refractivity contribution in [2.75, 3.05) is 26.0 Å². The van der Waals surface area contributed by atoms with Gasteiger partial charge in [-0.1, -0.05) is 11.3 Å². The summed E-state index contributed by atoms with van der Waals surface area (Å²) >= 11 is 3.17. The molecule has 118 valence electrons. The van der Waals surface area contributed by atoms with Crippen molar-refractivity contribution in [2.24, 2.45) is 0 Å². The molecule has 2 aromatic heterocycles. The number of thiophene rings is 1. The zero-order valence-electron chi connectivity index (χ0n) is 12.9. The molecule has 0 bridgehead atoms. The third-order valence-electron chi connectivity index (χ3n) is 3.77. The van der Waals surface area contributed by atoms with Gasteiger partial charge in [0.15, 0.2) is 0 Å². The molecule has 2 heterocycles. The highest BCUT2D eigenvalue weighted by Gasteiger charge is 2.21. The molecule has 5 nitrogen and oxygen atoms in total. The fourth-order valence-electron chi connectivity index (χ4n) is 2.57. The lowest BCUT2D eigenvalue weighted by molar-refractivity contribution is 0.102. The minimum Gasteiger partial charge on any atom is -0.309 e. The first kappa shape index (κ1) is 15.6. The normalized spacial score (nSPS) is 14.1. The van der Waals surface area contributed by atoms with Crippen LogP contribution in [-0.2, 0) is 19.3 Å². The summed E-state index contributed by atoms with van der Waals surface area (Å²) in [6.45, 7) is 0.931. The SMILES string of the molecule is CN(C)CCc1nnc(NC(=O)c2csc3c2CCCC3)s1. The second-order valence-corrected chi connectivity index (χ2v) is 7.79. The Morgan fingerprint density at radius 1 is 1.32 bits per heavy atom. The van der Waals surface area contributed by atoms with Crippen molar-refractivity contribution in [3.63, 3.8) is 0 Å². The van der Waals surface area contributed by atoms with Crippen LogP contribution in [0.1, 0.15) is 38.6 Å². The minimum atomic E-state index is -0.0466. The van der Waals surface area contributed by atoms with Crippen molar-refractivity contribution in [3.05, 3.63) is 26.4 Å². The van der Waals surface area contributed by atoms with Gasteiger partial charge in [0, 0.05) is 23.2 Å². The van der Waals surface area contributed by atoms with E-state index in [0.29, 0.717) is 5.13 Å². The van der Waals surface area contributed by atoms with E-state index < -0.39 is 0 Å². The first-order chi connectivity index (χ1) is 10.6. The van der Waals surface area contributed by atoms with E-state index in [4.69, 9.17) is 0 Å². The minimum absolute atomic E-state index is 0.0466. The molecule has 7 heteroatoms. The van der Waals surface area contributed by atoms with E-state index in [1.165, 1.54) is 34.6 Å². The molecule has 0 aromatic carbocycles. The number of aryl methyl sites for hydroxylation is 1. The third kappa shape index (κ3) is 3.53. The van der Waals surface area contributed by atoms with Crippen LogP contribution in [0.5, 0.6) is 0 Å². The molecule has 3 rings (SSSR count). The molecule has 1 aliphatic rings. The number of nitrogens with zero attached hydrogens (tertiary/aromatic N) is 3. The highest BCUT2D eigenvalue weighted by molar-refractivity contribution is 7.15.